The number of fused-ring (bicyclic) bond motifs is 1. The van der Waals surface area contributed by atoms with Crippen LogP contribution in [0.1, 0.15) is 81.1 Å². The summed E-state index contributed by atoms with van der Waals surface area (Å²) in [5.41, 5.74) is 0.865. The zero-order valence-electron chi connectivity index (χ0n) is 21.9. The predicted octanol–water partition coefficient (Wildman–Crippen LogP) is 5.15. The van der Waals surface area contributed by atoms with Gasteiger partial charge in [0.05, 0.1) is 23.7 Å². The largest absolute Gasteiger partial charge is 0.496 e. The van der Waals surface area contributed by atoms with E-state index in [0.29, 0.717) is 53.2 Å². The van der Waals surface area contributed by atoms with Crippen LogP contribution in [0.4, 0.5) is 0 Å². The van der Waals surface area contributed by atoms with Crippen LogP contribution in [0.25, 0.3) is 10.9 Å². The predicted molar refractivity (Wildman–Crippen MR) is 144 cm³/mol. The Morgan fingerprint density at radius 1 is 1.26 bits per heavy atom. The van der Waals surface area contributed by atoms with Crippen molar-refractivity contribution in [2.45, 2.75) is 82.7 Å². The number of aromatic nitrogens is 1. The molecule has 38 heavy (non-hydrogen) atoms. The van der Waals surface area contributed by atoms with Crippen molar-refractivity contribution in [3.63, 3.8) is 0 Å². The highest BCUT2D eigenvalue weighted by atomic mass is 35.5. The Morgan fingerprint density at radius 3 is 2.76 bits per heavy atom. The third-order valence-electron chi connectivity index (χ3n) is 8.81. The standard InChI is InChI=1S/C29H35ClN4O4/c1-38-25-10-9-21(30)26-20(25)14-22(33-26)28(37)34-17-29(11-5-2-6-12-29)15-23(34)27(36)32-19(16-31)13-18-7-3-4-8-24(18)35/h9-10,14,18-19,23,33H,2-8,11-13,15,17H2,1H3,(H,32,36)/t18-,19?,23?/m0/s1. The molecule has 202 valence electrons. The summed E-state index contributed by atoms with van der Waals surface area (Å²) >= 11 is 6.39. The summed E-state index contributed by atoms with van der Waals surface area (Å²) in [6, 6.07) is 5.96. The zero-order valence-corrected chi connectivity index (χ0v) is 22.6. The molecule has 3 aliphatic rings. The number of nitrogens with zero attached hydrogens (tertiary/aromatic N) is 2. The molecule has 2 aromatic rings. The Labute approximate surface area is 228 Å². The van der Waals surface area contributed by atoms with Gasteiger partial charge in [-0.1, -0.05) is 37.3 Å². The number of amides is 2. The lowest BCUT2D eigenvalue weighted by atomic mass is 9.72. The van der Waals surface area contributed by atoms with Crippen molar-refractivity contribution in [1.29, 1.82) is 5.26 Å². The fourth-order valence-electron chi connectivity index (χ4n) is 6.78. The van der Waals surface area contributed by atoms with Gasteiger partial charge in [0.1, 0.15) is 29.3 Å². The molecule has 2 amide bonds. The summed E-state index contributed by atoms with van der Waals surface area (Å²) in [6.07, 6.45) is 9.36. The van der Waals surface area contributed by atoms with Gasteiger partial charge in [0.25, 0.3) is 5.91 Å². The summed E-state index contributed by atoms with van der Waals surface area (Å²) in [4.78, 5) is 44.7. The highest BCUT2D eigenvalue weighted by Gasteiger charge is 2.49. The van der Waals surface area contributed by atoms with E-state index in [-0.39, 0.29) is 28.9 Å². The SMILES string of the molecule is COc1ccc(Cl)c2[nH]c(C(=O)N3CC4(CCCCC4)CC3C(=O)NC(C#N)C[C@@H]3CCCCC3=O)cc12. The number of methoxy groups -OCH3 is 1. The molecule has 1 aromatic carbocycles. The maximum absolute atomic E-state index is 13.9. The van der Waals surface area contributed by atoms with Gasteiger partial charge in [0.2, 0.25) is 5.91 Å². The van der Waals surface area contributed by atoms with Gasteiger partial charge in [-0.05, 0) is 62.1 Å². The number of likely N-dealkylation sites (tertiary alicyclic amines) is 1. The number of rotatable bonds is 6. The Balaban J connectivity index is 1.39. The molecule has 3 atom stereocenters. The lowest BCUT2D eigenvalue weighted by molar-refractivity contribution is -0.127. The first-order valence-electron chi connectivity index (χ1n) is 13.7. The lowest BCUT2D eigenvalue weighted by Crippen LogP contribution is -2.49. The highest BCUT2D eigenvalue weighted by Crippen LogP contribution is 2.47. The van der Waals surface area contributed by atoms with E-state index in [1.165, 1.54) is 6.42 Å². The van der Waals surface area contributed by atoms with E-state index in [1.807, 2.05) is 0 Å². The Morgan fingerprint density at radius 2 is 2.05 bits per heavy atom. The van der Waals surface area contributed by atoms with Crippen LogP contribution in [0, 0.1) is 22.7 Å². The molecule has 2 unspecified atom stereocenters. The van der Waals surface area contributed by atoms with Crippen LogP contribution < -0.4 is 10.1 Å². The molecule has 1 aliphatic heterocycles. The quantitative estimate of drug-likeness (QED) is 0.527. The number of nitrogens with one attached hydrogen (secondary N) is 2. The minimum absolute atomic E-state index is 0.0985. The third kappa shape index (κ3) is 5.13. The van der Waals surface area contributed by atoms with Crippen molar-refractivity contribution in [1.82, 2.24) is 15.2 Å². The summed E-state index contributed by atoms with van der Waals surface area (Å²) in [6.45, 7) is 0.502. The van der Waals surface area contributed by atoms with E-state index < -0.39 is 12.1 Å². The minimum Gasteiger partial charge on any atom is -0.496 e. The van der Waals surface area contributed by atoms with E-state index >= 15 is 0 Å². The van der Waals surface area contributed by atoms with Crippen LogP contribution in [0.5, 0.6) is 5.75 Å². The van der Waals surface area contributed by atoms with Crippen molar-refractivity contribution in [2.75, 3.05) is 13.7 Å². The maximum Gasteiger partial charge on any atom is 0.271 e. The monoisotopic (exact) mass is 538 g/mol. The van der Waals surface area contributed by atoms with Gasteiger partial charge in [-0.15, -0.1) is 0 Å². The van der Waals surface area contributed by atoms with Crippen LogP contribution in [-0.4, -0.2) is 53.2 Å². The van der Waals surface area contributed by atoms with E-state index in [4.69, 9.17) is 16.3 Å². The Kier molecular flexibility index (Phi) is 7.67. The molecule has 2 heterocycles. The van der Waals surface area contributed by atoms with Crippen LogP contribution in [0.2, 0.25) is 5.02 Å². The van der Waals surface area contributed by atoms with Crippen molar-refractivity contribution in [3.05, 3.63) is 28.9 Å². The number of ether oxygens (including phenoxy) is 1. The number of carbonyl (C=O) groups is 3. The number of ketones is 1. The average molecular weight is 539 g/mol. The molecule has 1 spiro atoms. The molecule has 1 saturated heterocycles. The molecular weight excluding hydrogens is 504 g/mol. The maximum atomic E-state index is 13.9. The van der Waals surface area contributed by atoms with Crippen molar-refractivity contribution in [2.24, 2.45) is 11.3 Å². The van der Waals surface area contributed by atoms with Crippen molar-refractivity contribution >= 4 is 40.1 Å². The number of H-pyrrole nitrogens is 1. The first-order valence-corrected chi connectivity index (χ1v) is 14.1. The normalized spacial score (nSPS) is 23.8. The average Bonchev–Trinajstić information content (AvgIpc) is 3.53. The number of hydrogen-bond acceptors (Lipinski definition) is 5. The molecule has 3 fully saturated rings. The molecule has 0 bridgehead atoms. The number of aromatic amines is 1. The molecule has 2 aliphatic carbocycles. The number of Topliss-reactive ketones (excluding diaryl/α,β-unsaturated/α-hetero) is 1. The summed E-state index contributed by atoms with van der Waals surface area (Å²) in [5, 5.41) is 13.9. The number of benzene rings is 1. The highest BCUT2D eigenvalue weighted by molar-refractivity contribution is 6.35. The number of carbonyl (C=O) groups excluding carboxylic acids is 3. The van der Waals surface area contributed by atoms with Crippen LogP contribution in [-0.2, 0) is 9.59 Å². The summed E-state index contributed by atoms with van der Waals surface area (Å²) in [7, 11) is 1.57. The van der Waals surface area contributed by atoms with E-state index in [1.54, 1.807) is 30.2 Å². The molecule has 2 saturated carbocycles. The fraction of sp³-hybridized carbons (Fsp3) is 0.586. The second kappa shape index (κ2) is 11.0. The van der Waals surface area contributed by atoms with Gasteiger partial charge in [-0.2, -0.15) is 5.26 Å². The second-order valence-corrected chi connectivity index (χ2v) is 11.7. The van der Waals surface area contributed by atoms with Gasteiger partial charge in [0, 0.05) is 24.3 Å². The first-order chi connectivity index (χ1) is 18.3. The first kappa shape index (κ1) is 26.6. The van der Waals surface area contributed by atoms with Gasteiger partial charge in [-0.3, -0.25) is 14.4 Å². The lowest BCUT2D eigenvalue weighted by Gasteiger charge is -2.32. The second-order valence-electron chi connectivity index (χ2n) is 11.3. The summed E-state index contributed by atoms with van der Waals surface area (Å²) in [5.74, 6) is 0.0109. The van der Waals surface area contributed by atoms with Crippen LogP contribution in [0.15, 0.2) is 18.2 Å². The number of nitriles is 1. The van der Waals surface area contributed by atoms with Crippen molar-refractivity contribution < 1.29 is 19.1 Å². The molecule has 8 nitrogen and oxygen atoms in total. The van der Waals surface area contributed by atoms with Gasteiger partial charge >= 0.3 is 0 Å². The molecule has 0 radical (unpaired) electrons. The van der Waals surface area contributed by atoms with E-state index in [0.717, 1.165) is 44.9 Å². The third-order valence-corrected chi connectivity index (χ3v) is 9.13. The molecule has 5 rings (SSSR count). The molecule has 2 N–H and O–H groups in total. The van der Waals surface area contributed by atoms with Crippen molar-refractivity contribution in [3.8, 4) is 11.8 Å². The van der Waals surface area contributed by atoms with Gasteiger partial charge in [-0.25, -0.2) is 0 Å². The van der Waals surface area contributed by atoms with Gasteiger partial charge in [0.15, 0.2) is 0 Å². The number of halogens is 1. The van der Waals surface area contributed by atoms with E-state index in [2.05, 4.69) is 16.4 Å². The topological polar surface area (TPSA) is 115 Å². The van der Waals surface area contributed by atoms with Crippen LogP contribution >= 0.6 is 11.6 Å². The molecule has 1 aromatic heterocycles. The minimum atomic E-state index is -0.759. The Hall–Kier alpha value is -3.05. The zero-order chi connectivity index (χ0) is 26.9. The fourth-order valence-corrected chi connectivity index (χ4v) is 6.99. The number of hydrogen-bond donors (Lipinski definition) is 2. The molecular formula is C29H35ClN4O4. The Bertz CT molecular complexity index is 1280. The molecule has 9 heteroatoms. The van der Waals surface area contributed by atoms with E-state index in [9.17, 15) is 19.6 Å². The van der Waals surface area contributed by atoms with Crippen LogP contribution in [0.3, 0.4) is 0 Å². The van der Waals surface area contributed by atoms with Gasteiger partial charge < -0.3 is 19.9 Å². The smallest absolute Gasteiger partial charge is 0.271 e. The summed E-state index contributed by atoms with van der Waals surface area (Å²) < 4.78 is 5.45.